The zero-order chi connectivity index (χ0) is 17.0. The number of hydrogen-bond acceptors (Lipinski definition) is 3. The van der Waals surface area contributed by atoms with Gasteiger partial charge in [-0.2, -0.15) is 8.78 Å². The highest BCUT2D eigenvalue weighted by atomic mass is 19.3. The van der Waals surface area contributed by atoms with Crippen molar-refractivity contribution in [3.05, 3.63) is 18.2 Å². The van der Waals surface area contributed by atoms with E-state index in [2.05, 4.69) is 41.3 Å². The first kappa shape index (κ1) is 17.7. The molecule has 0 saturated carbocycles. The fourth-order valence-corrected chi connectivity index (χ4v) is 2.75. The molecule has 1 aromatic rings. The molecule has 0 atom stereocenters. The molecule has 8 heteroatoms. The number of nitrogens with one attached hydrogen (secondary N) is 2. The molecular weight excluding hydrogens is 304 g/mol. The van der Waals surface area contributed by atoms with Crippen molar-refractivity contribution >= 4 is 6.03 Å². The van der Waals surface area contributed by atoms with Crippen molar-refractivity contribution in [1.82, 2.24) is 25.1 Å². The Balaban J connectivity index is 1.75. The first-order chi connectivity index (χ1) is 10.8. The van der Waals surface area contributed by atoms with Crippen LogP contribution in [0.25, 0.3) is 0 Å². The van der Waals surface area contributed by atoms with Crippen LogP contribution >= 0.6 is 0 Å². The number of nitrogens with zero attached hydrogens (tertiary/aromatic N) is 3. The van der Waals surface area contributed by atoms with Crippen LogP contribution in [0, 0.1) is 0 Å². The van der Waals surface area contributed by atoms with Crippen LogP contribution in [-0.2, 0) is 6.54 Å². The standard InChI is InChI=1S/C15H25F2N5O/c1-15(2,3)21-7-4-11(5-8-21)20-14(23)19-10-12-18-6-9-22(12)13(16)17/h6,9,11,13H,4-5,7-8,10H2,1-3H3,(H2,19,20,23). The molecule has 0 bridgehead atoms. The molecule has 6 nitrogen and oxygen atoms in total. The number of urea groups is 1. The summed E-state index contributed by atoms with van der Waals surface area (Å²) < 4.78 is 26.1. The topological polar surface area (TPSA) is 62.2 Å². The van der Waals surface area contributed by atoms with Gasteiger partial charge in [-0.25, -0.2) is 9.78 Å². The van der Waals surface area contributed by atoms with Gasteiger partial charge in [0.2, 0.25) is 0 Å². The maximum Gasteiger partial charge on any atom is 0.319 e. The molecule has 2 amide bonds. The number of piperidine rings is 1. The van der Waals surface area contributed by atoms with Crippen molar-refractivity contribution in [2.45, 2.75) is 58.3 Å². The predicted octanol–water partition coefficient (Wildman–Crippen LogP) is 2.34. The summed E-state index contributed by atoms with van der Waals surface area (Å²) in [7, 11) is 0. The van der Waals surface area contributed by atoms with Gasteiger partial charge in [0.25, 0.3) is 0 Å². The minimum atomic E-state index is -2.65. The zero-order valence-corrected chi connectivity index (χ0v) is 13.9. The second-order valence-corrected chi connectivity index (χ2v) is 6.79. The summed E-state index contributed by atoms with van der Waals surface area (Å²) in [4.78, 5) is 18.1. The fraction of sp³-hybridized carbons (Fsp3) is 0.733. The van der Waals surface area contributed by atoms with Gasteiger partial charge in [-0.15, -0.1) is 0 Å². The van der Waals surface area contributed by atoms with Crippen LogP contribution in [0.3, 0.4) is 0 Å². The molecule has 23 heavy (non-hydrogen) atoms. The predicted molar refractivity (Wildman–Crippen MR) is 83.2 cm³/mol. The molecule has 2 N–H and O–H groups in total. The van der Waals surface area contributed by atoms with Gasteiger partial charge >= 0.3 is 12.6 Å². The maximum atomic E-state index is 12.7. The number of carbonyl (C=O) groups excluding carboxylic acids is 1. The molecule has 1 saturated heterocycles. The number of hydrogen-bond donors (Lipinski definition) is 2. The first-order valence-electron chi connectivity index (χ1n) is 7.86. The Labute approximate surface area is 135 Å². The summed E-state index contributed by atoms with van der Waals surface area (Å²) in [6.45, 7) is 5.73. The fourth-order valence-electron chi connectivity index (χ4n) is 2.75. The molecule has 0 aromatic carbocycles. The van der Waals surface area contributed by atoms with E-state index in [1.165, 1.54) is 12.4 Å². The van der Waals surface area contributed by atoms with E-state index in [1.54, 1.807) is 0 Å². The number of rotatable bonds is 4. The molecule has 1 fully saturated rings. The van der Waals surface area contributed by atoms with Gasteiger partial charge in [0, 0.05) is 37.1 Å². The molecule has 1 aromatic heterocycles. The minimum absolute atomic E-state index is 0.0238. The van der Waals surface area contributed by atoms with Gasteiger partial charge in [0.1, 0.15) is 5.82 Å². The summed E-state index contributed by atoms with van der Waals surface area (Å²) >= 11 is 0. The monoisotopic (exact) mass is 329 g/mol. The average molecular weight is 329 g/mol. The molecule has 0 aliphatic carbocycles. The number of aromatic nitrogens is 2. The van der Waals surface area contributed by atoms with E-state index in [0.29, 0.717) is 0 Å². The second kappa shape index (κ2) is 7.25. The number of amides is 2. The van der Waals surface area contributed by atoms with Crippen molar-refractivity contribution in [1.29, 1.82) is 0 Å². The highest BCUT2D eigenvalue weighted by molar-refractivity contribution is 5.74. The Morgan fingerprint density at radius 2 is 2.04 bits per heavy atom. The van der Waals surface area contributed by atoms with Gasteiger partial charge in [0.15, 0.2) is 0 Å². The van der Waals surface area contributed by atoms with Crippen molar-refractivity contribution in [2.75, 3.05) is 13.1 Å². The van der Waals surface area contributed by atoms with Crippen LogP contribution in [0.4, 0.5) is 13.6 Å². The van der Waals surface area contributed by atoms with Gasteiger partial charge in [-0.3, -0.25) is 9.47 Å². The van der Waals surface area contributed by atoms with Crippen LogP contribution in [-0.4, -0.2) is 45.2 Å². The van der Waals surface area contributed by atoms with Gasteiger partial charge in [0.05, 0.1) is 6.54 Å². The molecule has 2 rings (SSSR count). The highest BCUT2D eigenvalue weighted by Crippen LogP contribution is 2.20. The quantitative estimate of drug-likeness (QED) is 0.891. The van der Waals surface area contributed by atoms with E-state index >= 15 is 0 Å². The largest absolute Gasteiger partial charge is 0.335 e. The van der Waals surface area contributed by atoms with Crippen molar-refractivity contribution in [3.63, 3.8) is 0 Å². The molecule has 1 aliphatic heterocycles. The molecule has 0 radical (unpaired) electrons. The molecule has 0 spiro atoms. The minimum Gasteiger partial charge on any atom is -0.335 e. The lowest BCUT2D eigenvalue weighted by Gasteiger charge is -2.40. The average Bonchev–Trinajstić information content (AvgIpc) is 2.93. The third-order valence-electron chi connectivity index (χ3n) is 4.15. The summed E-state index contributed by atoms with van der Waals surface area (Å²) in [6, 6.07) is -0.230. The van der Waals surface area contributed by atoms with Crippen molar-refractivity contribution in [3.8, 4) is 0 Å². The molecular formula is C15H25F2N5O. The summed E-state index contributed by atoms with van der Waals surface area (Å²) in [5.41, 5.74) is 0.138. The number of carbonyl (C=O) groups is 1. The van der Waals surface area contributed by atoms with E-state index in [-0.39, 0.29) is 30.0 Å². The second-order valence-electron chi connectivity index (χ2n) is 6.79. The van der Waals surface area contributed by atoms with E-state index < -0.39 is 6.55 Å². The molecule has 130 valence electrons. The van der Waals surface area contributed by atoms with Crippen LogP contribution in [0.5, 0.6) is 0 Å². The van der Waals surface area contributed by atoms with Crippen LogP contribution in [0.15, 0.2) is 12.4 Å². The van der Waals surface area contributed by atoms with Gasteiger partial charge in [-0.05, 0) is 33.6 Å². The normalized spacial score (nSPS) is 17.5. The number of imidazole rings is 1. The Kier molecular flexibility index (Phi) is 5.56. The number of halogens is 2. The maximum absolute atomic E-state index is 12.7. The Morgan fingerprint density at radius 3 is 2.61 bits per heavy atom. The lowest BCUT2D eigenvalue weighted by atomic mass is 9.98. The third kappa shape index (κ3) is 4.89. The third-order valence-corrected chi connectivity index (χ3v) is 4.15. The van der Waals surface area contributed by atoms with E-state index in [4.69, 9.17) is 0 Å². The highest BCUT2D eigenvalue weighted by Gasteiger charge is 2.27. The lowest BCUT2D eigenvalue weighted by molar-refractivity contribution is 0.0666. The SMILES string of the molecule is CC(C)(C)N1CCC(NC(=O)NCc2nccn2C(F)F)CC1. The Hall–Kier alpha value is -1.70. The smallest absolute Gasteiger partial charge is 0.319 e. The lowest BCUT2D eigenvalue weighted by Crippen LogP contribution is -2.52. The summed E-state index contributed by atoms with van der Waals surface area (Å²) in [5.74, 6) is 0.137. The first-order valence-corrected chi connectivity index (χ1v) is 7.86. The van der Waals surface area contributed by atoms with Crippen LogP contribution in [0.1, 0.15) is 46.0 Å². The zero-order valence-electron chi connectivity index (χ0n) is 13.9. The van der Waals surface area contributed by atoms with Gasteiger partial charge in [-0.1, -0.05) is 0 Å². The van der Waals surface area contributed by atoms with Crippen LogP contribution in [0.2, 0.25) is 0 Å². The van der Waals surface area contributed by atoms with E-state index in [0.717, 1.165) is 30.5 Å². The molecule has 2 heterocycles. The van der Waals surface area contributed by atoms with E-state index in [1.807, 2.05) is 0 Å². The van der Waals surface area contributed by atoms with Crippen molar-refractivity contribution in [2.24, 2.45) is 0 Å². The van der Waals surface area contributed by atoms with Crippen molar-refractivity contribution < 1.29 is 13.6 Å². The molecule has 1 aliphatic rings. The summed E-state index contributed by atoms with van der Waals surface area (Å²) in [6.07, 6.45) is 4.26. The van der Waals surface area contributed by atoms with Gasteiger partial charge < -0.3 is 10.6 Å². The molecule has 0 unspecified atom stereocenters. The Bertz CT molecular complexity index is 518. The van der Waals surface area contributed by atoms with E-state index in [9.17, 15) is 13.6 Å². The Morgan fingerprint density at radius 1 is 1.39 bits per heavy atom. The summed E-state index contributed by atoms with van der Waals surface area (Å²) in [5, 5.41) is 5.49. The number of alkyl halides is 2. The van der Waals surface area contributed by atoms with Crippen LogP contribution < -0.4 is 10.6 Å². The number of likely N-dealkylation sites (tertiary alicyclic amines) is 1.